The van der Waals surface area contributed by atoms with Crippen LogP contribution in [0.1, 0.15) is 24.0 Å². The van der Waals surface area contributed by atoms with Crippen LogP contribution in [-0.2, 0) is 4.79 Å². The summed E-state index contributed by atoms with van der Waals surface area (Å²) in [7, 11) is 0. The minimum atomic E-state index is 0.0154. The fourth-order valence-corrected chi connectivity index (χ4v) is 1.62. The summed E-state index contributed by atoms with van der Waals surface area (Å²) in [5.41, 5.74) is 2.31. The maximum Gasteiger partial charge on any atom is 0.223 e. The zero-order chi connectivity index (χ0) is 13.4. The Kier molecular flexibility index (Phi) is 5.98. The van der Waals surface area contributed by atoms with Crippen LogP contribution in [0.4, 0.5) is 0 Å². The van der Waals surface area contributed by atoms with E-state index in [1.807, 2.05) is 26.0 Å². The number of hydrogen-bond donors (Lipinski definition) is 1. The van der Waals surface area contributed by atoms with Gasteiger partial charge < -0.3 is 10.1 Å². The lowest BCUT2D eigenvalue weighted by Crippen LogP contribution is -2.25. The number of benzene rings is 1. The van der Waals surface area contributed by atoms with E-state index in [-0.39, 0.29) is 5.91 Å². The molecule has 0 aliphatic rings. The van der Waals surface area contributed by atoms with Crippen molar-refractivity contribution in [2.24, 2.45) is 0 Å². The van der Waals surface area contributed by atoms with Gasteiger partial charge in [-0.15, -0.1) is 6.58 Å². The molecule has 1 N–H and O–H groups in total. The van der Waals surface area contributed by atoms with E-state index in [9.17, 15) is 4.79 Å². The molecule has 0 saturated carbocycles. The first kappa shape index (κ1) is 14.3. The van der Waals surface area contributed by atoms with Gasteiger partial charge in [0.15, 0.2) is 0 Å². The zero-order valence-corrected chi connectivity index (χ0v) is 11.2. The van der Waals surface area contributed by atoms with Crippen molar-refractivity contribution in [1.29, 1.82) is 0 Å². The van der Waals surface area contributed by atoms with E-state index in [4.69, 9.17) is 4.74 Å². The largest absolute Gasteiger partial charge is 0.493 e. The fraction of sp³-hybridized carbons (Fsp3) is 0.400. The van der Waals surface area contributed by atoms with Crippen molar-refractivity contribution in [3.05, 3.63) is 42.0 Å². The molecule has 0 aromatic heterocycles. The summed E-state index contributed by atoms with van der Waals surface area (Å²) in [5, 5.41) is 2.80. The number of hydrogen-bond acceptors (Lipinski definition) is 2. The van der Waals surface area contributed by atoms with E-state index in [0.29, 0.717) is 19.6 Å². The van der Waals surface area contributed by atoms with E-state index in [1.165, 1.54) is 5.56 Å². The molecule has 98 valence electrons. The number of carbonyl (C=O) groups is 1. The molecule has 0 saturated heterocycles. The Hall–Kier alpha value is -1.77. The molecular formula is C15H21NO2. The van der Waals surface area contributed by atoms with Gasteiger partial charge in [-0.2, -0.15) is 0 Å². The lowest BCUT2D eigenvalue weighted by molar-refractivity contribution is -0.121. The molecule has 0 spiro atoms. The first-order chi connectivity index (χ1) is 8.63. The summed E-state index contributed by atoms with van der Waals surface area (Å²) in [6, 6.07) is 6.02. The number of ether oxygens (including phenoxy) is 1. The average molecular weight is 247 g/mol. The van der Waals surface area contributed by atoms with Crippen molar-refractivity contribution >= 4 is 5.91 Å². The second-order valence-corrected chi connectivity index (χ2v) is 4.29. The highest BCUT2D eigenvalue weighted by molar-refractivity contribution is 5.75. The second kappa shape index (κ2) is 7.54. The van der Waals surface area contributed by atoms with Crippen LogP contribution in [0.3, 0.4) is 0 Å². The van der Waals surface area contributed by atoms with Gasteiger partial charge >= 0.3 is 0 Å². The average Bonchev–Trinajstić information content (AvgIpc) is 2.32. The Morgan fingerprint density at radius 1 is 1.44 bits per heavy atom. The van der Waals surface area contributed by atoms with Gasteiger partial charge in [0.1, 0.15) is 5.75 Å². The Morgan fingerprint density at radius 3 is 2.89 bits per heavy atom. The van der Waals surface area contributed by atoms with Gasteiger partial charge in [0.2, 0.25) is 5.91 Å². The summed E-state index contributed by atoms with van der Waals surface area (Å²) in [4.78, 5) is 11.4. The monoisotopic (exact) mass is 247 g/mol. The fourth-order valence-electron chi connectivity index (χ4n) is 1.62. The van der Waals surface area contributed by atoms with Gasteiger partial charge in [-0.3, -0.25) is 4.79 Å². The third-order valence-electron chi connectivity index (χ3n) is 2.59. The van der Waals surface area contributed by atoms with Gasteiger partial charge in [-0.25, -0.2) is 0 Å². The SMILES string of the molecule is C=CCCNC(=O)CCOc1ccc(C)cc1C. The maximum atomic E-state index is 11.4. The molecular weight excluding hydrogens is 226 g/mol. The molecule has 0 fully saturated rings. The summed E-state index contributed by atoms with van der Waals surface area (Å²) in [6.45, 7) is 8.70. The Labute approximate surface area is 109 Å². The highest BCUT2D eigenvalue weighted by Crippen LogP contribution is 2.18. The molecule has 0 heterocycles. The number of rotatable bonds is 7. The molecule has 0 radical (unpaired) electrons. The summed E-state index contributed by atoms with van der Waals surface area (Å²) in [6.07, 6.45) is 2.96. The molecule has 1 rings (SSSR count). The Morgan fingerprint density at radius 2 is 2.22 bits per heavy atom. The number of aryl methyl sites for hydroxylation is 2. The molecule has 0 atom stereocenters. The van der Waals surface area contributed by atoms with E-state index >= 15 is 0 Å². The lowest BCUT2D eigenvalue weighted by Gasteiger charge is -2.09. The first-order valence-electron chi connectivity index (χ1n) is 6.21. The predicted octanol–water partition coefficient (Wildman–Crippen LogP) is 2.76. The Balaban J connectivity index is 2.28. The van der Waals surface area contributed by atoms with E-state index in [0.717, 1.165) is 17.7 Å². The van der Waals surface area contributed by atoms with Crippen LogP contribution in [0, 0.1) is 13.8 Å². The van der Waals surface area contributed by atoms with Crippen LogP contribution >= 0.6 is 0 Å². The second-order valence-electron chi connectivity index (χ2n) is 4.29. The van der Waals surface area contributed by atoms with Crippen LogP contribution in [0.25, 0.3) is 0 Å². The predicted molar refractivity (Wildman–Crippen MR) is 73.9 cm³/mol. The molecule has 0 aliphatic carbocycles. The third kappa shape index (κ3) is 5.04. The standard InChI is InChI=1S/C15H21NO2/c1-4-5-9-16-15(17)8-10-18-14-7-6-12(2)11-13(14)3/h4,6-7,11H,1,5,8-10H2,2-3H3,(H,16,17). The molecule has 0 unspecified atom stereocenters. The summed E-state index contributed by atoms with van der Waals surface area (Å²) < 4.78 is 5.59. The van der Waals surface area contributed by atoms with Crippen LogP contribution < -0.4 is 10.1 Å². The minimum absolute atomic E-state index is 0.0154. The lowest BCUT2D eigenvalue weighted by atomic mass is 10.1. The zero-order valence-electron chi connectivity index (χ0n) is 11.2. The maximum absolute atomic E-state index is 11.4. The molecule has 1 aromatic carbocycles. The van der Waals surface area contributed by atoms with Crippen molar-refractivity contribution in [1.82, 2.24) is 5.32 Å². The van der Waals surface area contributed by atoms with E-state index in [1.54, 1.807) is 6.08 Å². The summed E-state index contributed by atoms with van der Waals surface area (Å²) >= 11 is 0. The molecule has 3 heteroatoms. The van der Waals surface area contributed by atoms with Gasteiger partial charge in [0, 0.05) is 6.54 Å². The first-order valence-corrected chi connectivity index (χ1v) is 6.21. The van der Waals surface area contributed by atoms with Crippen LogP contribution in [0.2, 0.25) is 0 Å². The topological polar surface area (TPSA) is 38.3 Å². The smallest absolute Gasteiger partial charge is 0.223 e. The third-order valence-corrected chi connectivity index (χ3v) is 2.59. The molecule has 3 nitrogen and oxygen atoms in total. The number of nitrogens with one attached hydrogen (secondary N) is 1. The Bertz CT molecular complexity index is 413. The van der Waals surface area contributed by atoms with Crippen LogP contribution in [-0.4, -0.2) is 19.1 Å². The van der Waals surface area contributed by atoms with E-state index < -0.39 is 0 Å². The molecule has 1 aromatic rings. The van der Waals surface area contributed by atoms with Crippen LogP contribution in [0.5, 0.6) is 5.75 Å². The molecule has 1 amide bonds. The highest BCUT2D eigenvalue weighted by Gasteiger charge is 2.03. The van der Waals surface area contributed by atoms with Crippen LogP contribution in [0.15, 0.2) is 30.9 Å². The molecule has 0 bridgehead atoms. The number of carbonyl (C=O) groups excluding carboxylic acids is 1. The minimum Gasteiger partial charge on any atom is -0.493 e. The van der Waals surface area contributed by atoms with Crippen molar-refractivity contribution in [2.75, 3.05) is 13.2 Å². The van der Waals surface area contributed by atoms with Crippen molar-refractivity contribution in [3.63, 3.8) is 0 Å². The molecule has 0 aliphatic heterocycles. The van der Waals surface area contributed by atoms with Crippen molar-refractivity contribution in [3.8, 4) is 5.75 Å². The van der Waals surface area contributed by atoms with Crippen molar-refractivity contribution < 1.29 is 9.53 Å². The van der Waals surface area contributed by atoms with Gasteiger partial charge in [0.25, 0.3) is 0 Å². The van der Waals surface area contributed by atoms with Gasteiger partial charge in [0.05, 0.1) is 13.0 Å². The summed E-state index contributed by atoms with van der Waals surface area (Å²) in [5.74, 6) is 0.862. The van der Waals surface area contributed by atoms with E-state index in [2.05, 4.69) is 18.0 Å². The normalized spacial score (nSPS) is 9.89. The van der Waals surface area contributed by atoms with Gasteiger partial charge in [-0.1, -0.05) is 23.8 Å². The number of amides is 1. The molecule has 18 heavy (non-hydrogen) atoms. The van der Waals surface area contributed by atoms with Gasteiger partial charge in [-0.05, 0) is 31.9 Å². The highest BCUT2D eigenvalue weighted by atomic mass is 16.5. The quantitative estimate of drug-likeness (QED) is 0.594. The van der Waals surface area contributed by atoms with Crippen molar-refractivity contribution in [2.45, 2.75) is 26.7 Å².